The van der Waals surface area contributed by atoms with E-state index in [0.717, 1.165) is 10.7 Å². The lowest BCUT2D eigenvalue weighted by atomic mass is 10.2. The second-order valence-corrected chi connectivity index (χ2v) is 4.38. The van der Waals surface area contributed by atoms with Gasteiger partial charge in [-0.25, -0.2) is 9.48 Å². The van der Waals surface area contributed by atoms with Crippen LogP contribution < -0.4 is 5.69 Å². The molecule has 0 aliphatic heterocycles. The van der Waals surface area contributed by atoms with E-state index in [2.05, 4.69) is 5.10 Å². The van der Waals surface area contributed by atoms with Gasteiger partial charge in [-0.15, -0.1) is 5.10 Å². The first-order valence-corrected chi connectivity index (χ1v) is 6.04. The van der Waals surface area contributed by atoms with Crippen LogP contribution in [0.25, 0.3) is 5.65 Å². The van der Waals surface area contributed by atoms with Gasteiger partial charge in [0.05, 0.1) is 11.5 Å². The predicted molar refractivity (Wildman–Crippen MR) is 71.6 cm³/mol. The Balaban J connectivity index is 2.07. The molecule has 1 aromatic carbocycles. The van der Waals surface area contributed by atoms with E-state index in [4.69, 9.17) is 0 Å². The normalized spacial score (nSPS) is 10.9. The van der Waals surface area contributed by atoms with E-state index < -0.39 is 22.1 Å². The van der Waals surface area contributed by atoms with Crippen LogP contribution in [-0.2, 0) is 6.54 Å². The summed E-state index contributed by atoms with van der Waals surface area (Å²) in [6.07, 6.45) is 1.55. The average molecular weight is 288 g/mol. The molecule has 0 radical (unpaired) electrons. The van der Waals surface area contributed by atoms with Crippen molar-refractivity contribution in [1.82, 2.24) is 14.2 Å². The number of hydrogen-bond acceptors (Lipinski definition) is 4. The highest BCUT2D eigenvalue weighted by Crippen LogP contribution is 2.20. The number of nitro groups is 1. The molecule has 3 rings (SSSR count). The highest BCUT2D eigenvalue weighted by Gasteiger charge is 2.18. The first-order chi connectivity index (χ1) is 10.1. The van der Waals surface area contributed by atoms with E-state index in [1.807, 2.05) is 0 Å². The van der Waals surface area contributed by atoms with E-state index in [0.29, 0.717) is 5.65 Å². The van der Waals surface area contributed by atoms with Gasteiger partial charge in [-0.05, 0) is 12.1 Å². The van der Waals surface area contributed by atoms with Gasteiger partial charge in [0.1, 0.15) is 0 Å². The van der Waals surface area contributed by atoms with Gasteiger partial charge in [0, 0.05) is 17.8 Å². The Bertz CT molecular complexity index is 900. The molecule has 2 heterocycles. The third kappa shape index (κ3) is 2.16. The van der Waals surface area contributed by atoms with Crippen molar-refractivity contribution >= 4 is 11.3 Å². The number of fused-ring (bicyclic) bond motifs is 1. The standard InChI is InChI=1S/C13H9FN4O3/c14-12-9(4-3-5-10(12)18(20)21)8-17-13(19)16-7-2-1-6-11(16)15-17/h1-7H,8H2. The van der Waals surface area contributed by atoms with Gasteiger partial charge in [-0.3, -0.25) is 14.5 Å². The molecule has 0 atom stereocenters. The van der Waals surface area contributed by atoms with Crippen molar-refractivity contribution in [2.75, 3.05) is 0 Å². The molecule has 0 unspecified atom stereocenters. The molecule has 8 heteroatoms. The SMILES string of the molecule is O=c1n(Cc2cccc([N+](=O)[O-])c2F)nc2ccccn12. The molecule has 0 aliphatic carbocycles. The molecule has 0 amide bonds. The highest BCUT2D eigenvalue weighted by molar-refractivity contribution is 5.38. The Labute approximate surface area is 117 Å². The molecule has 0 N–H and O–H groups in total. The number of halogens is 1. The van der Waals surface area contributed by atoms with E-state index in [9.17, 15) is 19.3 Å². The lowest BCUT2D eigenvalue weighted by Crippen LogP contribution is -2.22. The minimum Gasteiger partial charge on any atom is -0.258 e. The van der Waals surface area contributed by atoms with Crippen LogP contribution in [0.3, 0.4) is 0 Å². The van der Waals surface area contributed by atoms with Crippen LogP contribution in [0.15, 0.2) is 47.4 Å². The maximum atomic E-state index is 14.0. The molecule has 0 aliphatic rings. The number of nitrogens with zero attached hydrogens (tertiary/aromatic N) is 4. The summed E-state index contributed by atoms with van der Waals surface area (Å²) in [5, 5.41) is 14.8. The molecule has 0 bridgehead atoms. The maximum Gasteiger partial charge on any atom is 0.350 e. The van der Waals surface area contributed by atoms with E-state index >= 15 is 0 Å². The summed E-state index contributed by atoms with van der Waals surface area (Å²) in [4.78, 5) is 22.0. The largest absolute Gasteiger partial charge is 0.350 e. The summed E-state index contributed by atoms with van der Waals surface area (Å²) < 4.78 is 16.4. The second-order valence-electron chi connectivity index (χ2n) is 4.38. The van der Waals surface area contributed by atoms with Crippen LogP contribution in [0, 0.1) is 15.9 Å². The number of rotatable bonds is 3. The first kappa shape index (κ1) is 13.0. The van der Waals surface area contributed by atoms with Crippen LogP contribution in [0.5, 0.6) is 0 Å². The molecule has 0 fully saturated rings. The van der Waals surface area contributed by atoms with Crippen molar-refractivity contribution < 1.29 is 9.31 Å². The summed E-state index contributed by atoms with van der Waals surface area (Å²) >= 11 is 0. The molecule has 7 nitrogen and oxygen atoms in total. The van der Waals surface area contributed by atoms with Gasteiger partial charge in [-0.2, -0.15) is 4.39 Å². The first-order valence-electron chi connectivity index (χ1n) is 6.04. The van der Waals surface area contributed by atoms with Gasteiger partial charge >= 0.3 is 11.4 Å². The van der Waals surface area contributed by atoms with Crippen LogP contribution in [0.4, 0.5) is 10.1 Å². The van der Waals surface area contributed by atoms with E-state index in [1.165, 1.54) is 16.5 Å². The summed E-state index contributed by atoms with van der Waals surface area (Å²) in [7, 11) is 0. The van der Waals surface area contributed by atoms with Gasteiger partial charge in [0.15, 0.2) is 5.65 Å². The number of benzene rings is 1. The minimum absolute atomic E-state index is 0.0368. The smallest absolute Gasteiger partial charge is 0.258 e. The third-order valence-electron chi connectivity index (χ3n) is 3.06. The molecule has 3 aromatic rings. The molecule has 0 saturated heterocycles. The van der Waals surface area contributed by atoms with Crippen molar-refractivity contribution in [2.45, 2.75) is 6.54 Å². The fraction of sp³-hybridized carbons (Fsp3) is 0.0769. The van der Waals surface area contributed by atoms with Crippen molar-refractivity contribution in [3.63, 3.8) is 0 Å². The lowest BCUT2D eigenvalue weighted by Gasteiger charge is -2.02. The molecular weight excluding hydrogens is 279 g/mol. The Morgan fingerprint density at radius 3 is 2.76 bits per heavy atom. The molecule has 0 saturated carbocycles. The van der Waals surface area contributed by atoms with Crippen molar-refractivity contribution in [3.05, 3.63) is 74.6 Å². The zero-order valence-corrected chi connectivity index (χ0v) is 10.6. The molecular formula is C13H9FN4O3. The van der Waals surface area contributed by atoms with Gasteiger partial charge < -0.3 is 0 Å². The summed E-state index contributed by atoms with van der Waals surface area (Å²) in [5.74, 6) is -0.952. The Morgan fingerprint density at radius 2 is 2.05 bits per heavy atom. The summed E-state index contributed by atoms with van der Waals surface area (Å²) in [5.41, 5.74) is -0.594. The number of hydrogen-bond donors (Lipinski definition) is 0. The molecule has 106 valence electrons. The molecule has 2 aromatic heterocycles. The molecule has 21 heavy (non-hydrogen) atoms. The Morgan fingerprint density at radius 1 is 1.24 bits per heavy atom. The number of nitro benzene ring substituents is 1. The fourth-order valence-electron chi connectivity index (χ4n) is 2.06. The monoisotopic (exact) mass is 288 g/mol. The van der Waals surface area contributed by atoms with E-state index in [1.54, 1.807) is 24.4 Å². The van der Waals surface area contributed by atoms with Crippen LogP contribution >= 0.6 is 0 Å². The molecule has 0 spiro atoms. The zero-order valence-electron chi connectivity index (χ0n) is 10.6. The number of aromatic nitrogens is 3. The van der Waals surface area contributed by atoms with Crippen LogP contribution in [0.1, 0.15) is 5.56 Å². The quantitative estimate of drug-likeness (QED) is 0.541. The van der Waals surface area contributed by atoms with Crippen molar-refractivity contribution in [3.8, 4) is 0 Å². The average Bonchev–Trinajstić information content (AvgIpc) is 2.78. The zero-order chi connectivity index (χ0) is 15.0. The van der Waals surface area contributed by atoms with Gasteiger partial charge in [-0.1, -0.05) is 18.2 Å². The van der Waals surface area contributed by atoms with E-state index in [-0.39, 0.29) is 12.1 Å². The fourth-order valence-corrected chi connectivity index (χ4v) is 2.06. The summed E-state index contributed by atoms with van der Waals surface area (Å²) in [6.45, 7) is -0.173. The highest BCUT2D eigenvalue weighted by atomic mass is 19.1. The topological polar surface area (TPSA) is 82.4 Å². The number of pyridine rings is 1. The Kier molecular flexibility index (Phi) is 2.98. The summed E-state index contributed by atoms with van der Waals surface area (Å²) in [6, 6.07) is 8.87. The Hall–Kier alpha value is -3.03. The maximum absolute atomic E-state index is 14.0. The van der Waals surface area contributed by atoms with Crippen LogP contribution in [0.2, 0.25) is 0 Å². The van der Waals surface area contributed by atoms with Gasteiger partial charge in [0.2, 0.25) is 5.82 Å². The van der Waals surface area contributed by atoms with Crippen LogP contribution in [-0.4, -0.2) is 19.1 Å². The second kappa shape index (κ2) is 4.82. The third-order valence-corrected chi connectivity index (χ3v) is 3.06. The lowest BCUT2D eigenvalue weighted by molar-refractivity contribution is -0.387. The van der Waals surface area contributed by atoms with Gasteiger partial charge in [0.25, 0.3) is 0 Å². The van der Waals surface area contributed by atoms with Crippen molar-refractivity contribution in [1.29, 1.82) is 0 Å². The minimum atomic E-state index is -0.952. The van der Waals surface area contributed by atoms with Crippen molar-refractivity contribution in [2.24, 2.45) is 0 Å². The predicted octanol–water partition coefficient (Wildman–Crippen LogP) is 1.59.